The summed E-state index contributed by atoms with van der Waals surface area (Å²) in [5.41, 5.74) is 3.53. The third-order valence-corrected chi connectivity index (χ3v) is 7.69. The Hall–Kier alpha value is -1.83. The number of nitriles is 1. The molecule has 0 aromatic heterocycles. The molecule has 0 atom stereocenters. The van der Waals surface area contributed by atoms with Crippen molar-refractivity contribution in [2.75, 3.05) is 18.5 Å². The van der Waals surface area contributed by atoms with E-state index < -0.39 is 0 Å². The van der Waals surface area contributed by atoms with Crippen molar-refractivity contribution in [1.29, 1.82) is 5.26 Å². The first-order valence-electron chi connectivity index (χ1n) is 10.2. The topological polar surface area (TPSA) is 45.0 Å². The predicted octanol–water partition coefficient (Wildman–Crippen LogP) is 5.90. The van der Waals surface area contributed by atoms with Gasteiger partial charge in [0.2, 0.25) is 0 Å². The Bertz CT molecular complexity index is 902. The van der Waals surface area contributed by atoms with E-state index in [9.17, 15) is 5.26 Å². The standard InChI is InChI=1S/C24H25BrN2O/c25-20-2-1-3-21(14-20)27-16-22-8-12-24(13-9-22,28-17-22)19-6-4-18(5-7-19)23(15-26)10-11-23/h1-7,14,27H,8-13,16-17H2. The van der Waals surface area contributed by atoms with Gasteiger partial charge >= 0.3 is 0 Å². The van der Waals surface area contributed by atoms with Gasteiger partial charge in [-0.05, 0) is 67.9 Å². The molecule has 2 saturated carbocycles. The largest absolute Gasteiger partial charge is 0.384 e. The smallest absolute Gasteiger partial charge is 0.0932 e. The molecule has 1 N–H and O–H groups in total. The third-order valence-electron chi connectivity index (χ3n) is 7.19. The van der Waals surface area contributed by atoms with Gasteiger partial charge < -0.3 is 10.1 Å². The lowest BCUT2D eigenvalue weighted by molar-refractivity contribution is -0.185. The van der Waals surface area contributed by atoms with Gasteiger partial charge in [0.1, 0.15) is 0 Å². The Morgan fingerprint density at radius 1 is 0.964 bits per heavy atom. The fraction of sp³-hybridized carbons (Fsp3) is 0.458. The van der Waals surface area contributed by atoms with Crippen molar-refractivity contribution in [3.63, 3.8) is 0 Å². The zero-order chi connectivity index (χ0) is 19.2. The van der Waals surface area contributed by atoms with E-state index in [2.05, 4.69) is 75.8 Å². The molecule has 2 aliphatic heterocycles. The summed E-state index contributed by atoms with van der Waals surface area (Å²) in [5.74, 6) is 0. The second kappa shape index (κ2) is 6.61. The maximum Gasteiger partial charge on any atom is 0.0932 e. The van der Waals surface area contributed by atoms with Crippen molar-refractivity contribution in [3.05, 3.63) is 64.1 Å². The van der Waals surface area contributed by atoms with Crippen LogP contribution in [-0.4, -0.2) is 13.2 Å². The number of hydrogen-bond acceptors (Lipinski definition) is 3. The number of nitrogens with zero attached hydrogens (tertiary/aromatic N) is 1. The van der Waals surface area contributed by atoms with E-state index in [-0.39, 0.29) is 16.4 Å². The quantitative estimate of drug-likeness (QED) is 0.633. The lowest BCUT2D eigenvalue weighted by Crippen LogP contribution is -2.51. The highest BCUT2D eigenvalue weighted by Gasteiger charge is 2.51. The Balaban J connectivity index is 1.26. The van der Waals surface area contributed by atoms with Gasteiger partial charge in [0.25, 0.3) is 0 Å². The molecule has 0 unspecified atom stereocenters. The maximum atomic E-state index is 9.42. The van der Waals surface area contributed by atoms with Crippen LogP contribution in [0.1, 0.15) is 49.7 Å². The van der Waals surface area contributed by atoms with Gasteiger partial charge in [0, 0.05) is 22.1 Å². The van der Waals surface area contributed by atoms with E-state index in [1.54, 1.807) is 0 Å². The molecule has 6 rings (SSSR count). The maximum absolute atomic E-state index is 9.42. The average Bonchev–Trinajstić information content (AvgIpc) is 3.55. The van der Waals surface area contributed by atoms with Gasteiger partial charge in [0.15, 0.2) is 0 Å². The van der Waals surface area contributed by atoms with Gasteiger partial charge in [-0.25, -0.2) is 0 Å². The first-order valence-corrected chi connectivity index (χ1v) is 11.0. The third kappa shape index (κ3) is 3.06. The van der Waals surface area contributed by atoms with Gasteiger partial charge in [-0.1, -0.05) is 46.3 Å². The summed E-state index contributed by atoms with van der Waals surface area (Å²) in [6.45, 7) is 1.78. The summed E-state index contributed by atoms with van der Waals surface area (Å²) in [6.07, 6.45) is 6.54. The second-order valence-electron chi connectivity index (χ2n) is 8.92. The molecular formula is C24H25BrN2O. The highest BCUT2D eigenvalue weighted by atomic mass is 79.9. The highest BCUT2D eigenvalue weighted by Crippen LogP contribution is 2.54. The fourth-order valence-corrected chi connectivity index (χ4v) is 5.33. The first kappa shape index (κ1) is 18.2. The number of ether oxygens (including phenoxy) is 1. The first-order chi connectivity index (χ1) is 13.6. The van der Waals surface area contributed by atoms with Crippen molar-refractivity contribution in [3.8, 4) is 6.07 Å². The molecule has 4 heteroatoms. The molecule has 0 spiro atoms. The van der Waals surface area contributed by atoms with Crippen molar-refractivity contribution in [2.45, 2.75) is 49.5 Å². The highest BCUT2D eigenvalue weighted by molar-refractivity contribution is 9.10. The molecule has 28 heavy (non-hydrogen) atoms. The van der Waals surface area contributed by atoms with Crippen LogP contribution in [-0.2, 0) is 15.8 Å². The minimum Gasteiger partial charge on any atom is -0.384 e. The van der Waals surface area contributed by atoms with Crippen LogP contribution in [0.15, 0.2) is 53.0 Å². The van der Waals surface area contributed by atoms with E-state index in [0.717, 1.165) is 49.0 Å². The van der Waals surface area contributed by atoms with Crippen LogP contribution < -0.4 is 5.32 Å². The molecule has 144 valence electrons. The monoisotopic (exact) mass is 436 g/mol. The molecule has 2 aliphatic carbocycles. The Kier molecular flexibility index (Phi) is 4.30. The molecule has 2 bridgehead atoms. The molecule has 0 radical (unpaired) electrons. The van der Waals surface area contributed by atoms with Crippen molar-refractivity contribution in [1.82, 2.24) is 0 Å². The van der Waals surface area contributed by atoms with Crippen LogP contribution in [0.3, 0.4) is 0 Å². The molecule has 0 amide bonds. The van der Waals surface area contributed by atoms with Crippen LogP contribution in [0.2, 0.25) is 0 Å². The van der Waals surface area contributed by atoms with Crippen LogP contribution in [0.5, 0.6) is 0 Å². The summed E-state index contributed by atoms with van der Waals surface area (Å²) in [6, 6.07) is 19.6. The van der Waals surface area contributed by atoms with Crippen LogP contribution in [0.4, 0.5) is 5.69 Å². The van der Waals surface area contributed by atoms with Crippen molar-refractivity contribution < 1.29 is 4.74 Å². The molecule has 3 nitrogen and oxygen atoms in total. The number of halogens is 1. The summed E-state index contributed by atoms with van der Waals surface area (Å²) in [4.78, 5) is 0. The van der Waals surface area contributed by atoms with Gasteiger partial charge in [0.05, 0.1) is 23.7 Å². The van der Waals surface area contributed by atoms with E-state index in [0.29, 0.717) is 0 Å². The Labute approximate surface area is 175 Å². The SMILES string of the molecule is N#CC1(c2ccc(C34CCC(CNc5cccc(Br)c5)(CC3)CO4)cc2)CC1. The molecule has 2 saturated heterocycles. The van der Waals surface area contributed by atoms with Crippen molar-refractivity contribution in [2.24, 2.45) is 5.41 Å². The number of anilines is 1. The molecule has 2 heterocycles. The van der Waals surface area contributed by atoms with E-state index in [4.69, 9.17) is 4.74 Å². The number of hydrogen-bond donors (Lipinski definition) is 1. The van der Waals surface area contributed by atoms with E-state index >= 15 is 0 Å². The lowest BCUT2D eigenvalue weighted by atomic mass is 9.64. The zero-order valence-electron chi connectivity index (χ0n) is 16.0. The zero-order valence-corrected chi connectivity index (χ0v) is 17.6. The van der Waals surface area contributed by atoms with Crippen LogP contribution >= 0.6 is 15.9 Å². The minimum atomic E-state index is -0.205. The number of fused-ring (bicyclic) bond motifs is 3. The fourth-order valence-electron chi connectivity index (χ4n) is 4.93. The minimum absolute atomic E-state index is 0.126. The molecule has 4 aliphatic rings. The number of rotatable bonds is 5. The molecule has 2 aromatic carbocycles. The molecule has 4 fully saturated rings. The van der Waals surface area contributed by atoms with E-state index in [1.807, 2.05) is 0 Å². The molecular weight excluding hydrogens is 412 g/mol. The van der Waals surface area contributed by atoms with E-state index in [1.165, 1.54) is 24.0 Å². The summed E-state index contributed by atoms with van der Waals surface area (Å²) >= 11 is 3.54. The Morgan fingerprint density at radius 2 is 1.68 bits per heavy atom. The van der Waals surface area contributed by atoms with Crippen LogP contribution in [0, 0.1) is 16.7 Å². The Morgan fingerprint density at radius 3 is 2.25 bits per heavy atom. The summed E-state index contributed by atoms with van der Waals surface area (Å²) in [7, 11) is 0. The number of nitrogens with one attached hydrogen (secondary N) is 1. The van der Waals surface area contributed by atoms with Crippen LogP contribution in [0.25, 0.3) is 0 Å². The van der Waals surface area contributed by atoms with Crippen molar-refractivity contribution >= 4 is 21.6 Å². The lowest BCUT2D eigenvalue weighted by Gasteiger charge is -2.53. The normalized spacial score (nSPS) is 29.9. The second-order valence-corrected chi connectivity index (χ2v) is 9.83. The van der Waals surface area contributed by atoms with Gasteiger partial charge in [-0.3, -0.25) is 0 Å². The summed E-state index contributed by atoms with van der Waals surface area (Å²) < 4.78 is 7.62. The summed E-state index contributed by atoms with van der Waals surface area (Å²) in [5, 5.41) is 13.0. The van der Waals surface area contributed by atoms with Gasteiger partial charge in [-0.2, -0.15) is 5.26 Å². The van der Waals surface area contributed by atoms with Gasteiger partial charge in [-0.15, -0.1) is 0 Å². The molecule has 2 aromatic rings. The average molecular weight is 437 g/mol. The predicted molar refractivity (Wildman–Crippen MR) is 114 cm³/mol. The number of benzene rings is 2.